The summed E-state index contributed by atoms with van der Waals surface area (Å²) < 4.78 is 0. The van der Waals surface area contributed by atoms with E-state index in [1.807, 2.05) is 38.2 Å². The minimum atomic E-state index is 1.08. The van der Waals surface area contributed by atoms with E-state index in [4.69, 9.17) is 0 Å². The number of hydrogen-bond donors (Lipinski definition) is 0. The van der Waals surface area contributed by atoms with Gasteiger partial charge in [-0.2, -0.15) is 0 Å². The number of allylic oxidation sites excluding steroid dienone is 4. The topological polar surface area (TPSA) is 12.9 Å². The Morgan fingerprint density at radius 2 is 2.00 bits per heavy atom. The van der Waals surface area contributed by atoms with Crippen LogP contribution in [-0.4, -0.2) is 4.98 Å². The lowest BCUT2D eigenvalue weighted by molar-refractivity contribution is 1.04. The summed E-state index contributed by atoms with van der Waals surface area (Å²) in [5, 5.41) is 0. The summed E-state index contributed by atoms with van der Waals surface area (Å²) in [6.07, 6.45) is 10.7. The van der Waals surface area contributed by atoms with Crippen molar-refractivity contribution in [3.63, 3.8) is 0 Å². The van der Waals surface area contributed by atoms with Crippen molar-refractivity contribution in [2.75, 3.05) is 0 Å². The fourth-order valence-corrected chi connectivity index (χ4v) is 1.34. The summed E-state index contributed by atoms with van der Waals surface area (Å²) in [6, 6.07) is 6.00. The molecule has 0 saturated carbocycles. The van der Waals surface area contributed by atoms with Gasteiger partial charge >= 0.3 is 0 Å². The van der Waals surface area contributed by atoms with Gasteiger partial charge < -0.3 is 0 Å². The van der Waals surface area contributed by atoms with Gasteiger partial charge in [0.15, 0.2) is 0 Å². The van der Waals surface area contributed by atoms with Gasteiger partial charge in [0, 0.05) is 6.20 Å². The van der Waals surface area contributed by atoms with Crippen LogP contribution >= 0.6 is 0 Å². The first-order chi connectivity index (χ1) is 6.97. The zero-order valence-electron chi connectivity index (χ0n) is 8.90. The van der Waals surface area contributed by atoms with Crippen molar-refractivity contribution in [1.82, 2.24) is 4.98 Å². The normalized spacial score (nSPS) is 14.0. The van der Waals surface area contributed by atoms with Crippen LogP contribution in [0.25, 0.3) is 5.57 Å². The van der Waals surface area contributed by atoms with Crippen molar-refractivity contribution in [1.29, 1.82) is 0 Å². The van der Waals surface area contributed by atoms with E-state index in [2.05, 4.69) is 23.2 Å². The molecule has 1 aromatic rings. The highest BCUT2D eigenvalue weighted by molar-refractivity contribution is 5.72. The van der Waals surface area contributed by atoms with E-state index in [1.165, 1.54) is 5.57 Å². The molecule has 1 nitrogen and oxygen atoms in total. The van der Waals surface area contributed by atoms with Crippen LogP contribution in [-0.2, 0) is 0 Å². The highest BCUT2D eigenvalue weighted by Gasteiger charge is 1.99. The fourth-order valence-electron chi connectivity index (χ4n) is 1.34. The van der Waals surface area contributed by atoms with Gasteiger partial charge in [-0.25, -0.2) is 0 Å². The van der Waals surface area contributed by atoms with Crippen molar-refractivity contribution in [3.05, 3.63) is 48.3 Å². The first-order valence-corrected chi connectivity index (χ1v) is 5.25. The number of aromatic nitrogens is 1. The van der Waals surface area contributed by atoms with Crippen LogP contribution < -0.4 is 0 Å². The Hall–Kier alpha value is -1.37. The third kappa shape index (κ3) is 2.84. The van der Waals surface area contributed by atoms with E-state index >= 15 is 0 Å². The number of nitrogens with zero attached hydrogens (tertiary/aromatic N) is 1. The second-order valence-corrected chi connectivity index (χ2v) is 2.85. The third-order valence-electron chi connectivity index (χ3n) is 1.96. The van der Waals surface area contributed by atoms with Crippen molar-refractivity contribution in [2.24, 2.45) is 0 Å². The molecule has 0 atom stereocenters. The molecule has 1 heterocycles. The molecule has 2 rings (SSSR count). The maximum atomic E-state index is 4.28. The lowest BCUT2D eigenvalue weighted by Gasteiger charge is -2.04. The Morgan fingerprint density at radius 1 is 1.14 bits per heavy atom. The average Bonchev–Trinajstić information content (AvgIpc) is 2.34. The summed E-state index contributed by atoms with van der Waals surface area (Å²) in [5.41, 5.74) is 2.33. The van der Waals surface area contributed by atoms with Crippen LogP contribution in [0.4, 0.5) is 0 Å². The summed E-state index contributed by atoms with van der Waals surface area (Å²) in [5.74, 6) is 0. The van der Waals surface area contributed by atoms with Gasteiger partial charge in [-0.05, 0) is 30.5 Å². The summed E-state index contributed by atoms with van der Waals surface area (Å²) in [7, 11) is 0. The quantitative estimate of drug-likeness (QED) is 0.651. The maximum Gasteiger partial charge on any atom is 0.0698 e. The molecule has 0 N–H and O–H groups in total. The molecule has 74 valence electrons. The predicted molar refractivity (Wildman–Crippen MR) is 61.9 cm³/mol. The number of hydrogen-bond acceptors (Lipinski definition) is 1. The van der Waals surface area contributed by atoms with Crippen LogP contribution in [0.1, 0.15) is 32.4 Å². The monoisotopic (exact) mass is 187 g/mol. The molecular weight excluding hydrogens is 170 g/mol. The molecule has 0 aliphatic heterocycles. The van der Waals surface area contributed by atoms with E-state index in [0.717, 1.165) is 18.5 Å². The average molecular weight is 187 g/mol. The van der Waals surface area contributed by atoms with Crippen molar-refractivity contribution in [2.45, 2.75) is 26.7 Å². The minimum absolute atomic E-state index is 1.08. The molecule has 0 amide bonds. The Bertz CT molecular complexity index is 309. The lowest BCUT2D eigenvalue weighted by atomic mass is 10.0. The third-order valence-corrected chi connectivity index (χ3v) is 1.96. The predicted octanol–water partition coefficient (Wildman–Crippen LogP) is 3.84. The van der Waals surface area contributed by atoms with Gasteiger partial charge in [0.2, 0.25) is 0 Å². The standard InChI is InChI=1S/C11H11N.C2H6/c1-2-6-10(7-3-1)11-8-4-5-9-12-11;1-2/h2,4-9H,1,3H2;1-2H3. The van der Waals surface area contributed by atoms with Crippen LogP contribution in [0.3, 0.4) is 0 Å². The SMILES string of the molecule is C1=CC(c2ccccn2)=CCC1.CC. The van der Waals surface area contributed by atoms with Gasteiger partial charge in [0.25, 0.3) is 0 Å². The van der Waals surface area contributed by atoms with Crippen LogP contribution in [0.5, 0.6) is 0 Å². The molecule has 0 aromatic carbocycles. The fraction of sp³-hybridized carbons (Fsp3) is 0.308. The largest absolute Gasteiger partial charge is 0.256 e. The molecule has 0 unspecified atom stereocenters. The molecule has 0 spiro atoms. The number of pyridine rings is 1. The maximum absolute atomic E-state index is 4.28. The molecule has 0 bridgehead atoms. The van der Waals surface area contributed by atoms with Crippen molar-refractivity contribution < 1.29 is 0 Å². The van der Waals surface area contributed by atoms with E-state index in [9.17, 15) is 0 Å². The highest BCUT2D eigenvalue weighted by atomic mass is 14.7. The van der Waals surface area contributed by atoms with Crippen LogP contribution in [0.15, 0.2) is 42.6 Å². The molecule has 1 aromatic heterocycles. The molecule has 0 radical (unpaired) electrons. The molecule has 0 fully saturated rings. The van der Waals surface area contributed by atoms with Gasteiger partial charge in [0.05, 0.1) is 5.69 Å². The van der Waals surface area contributed by atoms with E-state index in [1.54, 1.807) is 0 Å². The molecule has 0 saturated heterocycles. The lowest BCUT2D eigenvalue weighted by Crippen LogP contribution is -1.88. The highest BCUT2D eigenvalue weighted by Crippen LogP contribution is 2.18. The van der Waals surface area contributed by atoms with Crippen LogP contribution in [0, 0.1) is 0 Å². The van der Waals surface area contributed by atoms with Gasteiger partial charge in [0.1, 0.15) is 0 Å². The zero-order valence-corrected chi connectivity index (χ0v) is 8.90. The minimum Gasteiger partial charge on any atom is -0.256 e. The molecule has 14 heavy (non-hydrogen) atoms. The molecule has 1 aliphatic carbocycles. The number of rotatable bonds is 1. The van der Waals surface area contributed by atoms with Gasteiger partial charge in [-0.1, -0.05) is 38.1 Å². The zero-order chi connectivity index (χ0) is 10.2. The van der Waals surface area contributed by atoms with Gasteiger partial charge in [-0.3, -0.25) is 4.98 Å². The van der Waals surface area contributed by atoms with E-state index in [-0.39, 0.29) is 0 Å². The summed E-state index contributed by atoms with van der Waals surface area (Å²) in [4.78, 5) is 4.28. The second-order valence-electron chi connectivity index (χ2n) is 2.85. The van der Waals surface area contributed by atoms with Gasteiger partial charge in [-0.15, -0.1) is 0 Å². The van der Waals surface area contributed by atoms with E-state index in [0.29, 0.717) is 0 Å². The first-order valence-electron chi connectivity index (χ1n) is 5.25. The Kier molecular flexibility index (Phi) is 4.70. The smallest absolute Gasteiger partial charge is 0.0698 e. The summed E-state index contributed by atoms with van der Waals surface area (Å²) >= 11 is 0. The first kappa shape index (κ1) is 10.7. The molecular formula is C13H17N. The Labute approximate surface area is 86.2 Å². The second kappa shape index (κ2) is 6.14. The Morgan fingerprint density at radius 3 is 2.57 bits per heavy atom. The van der Waals surface area contributed by atoms with Crippen molar-refractivity contribution >= 4 is 5.57 Å². The Balaban J connectivity index is 0.000000461. The van der Waals surface area contributed by atoms with Crippen molar-refractivity contribution in [3.8, 4) is 0 Å². The van der Waals surface area contributed by atoms with E-state index < -0.39 is 0 Å². The van der Waals surface area contributed by atoms with Crippen LogP contribution in [0.2, 0.25) is 0 Å². The molecule has 1 heteroatoms. The summed E-state index contributed by atoms with van der Waals surface area (Å²) in [6.45, 7) is 4.00. The molecule has 1 aliphatic rings.